The van der Waals surface area contributed by atoms with Gasteiger partial charge in [-0.25, -0.2) is 9.98 Å². The molecule has 0 atom stereocenters. The van der Waals surface area contributed by atoms with E-state index < -0.39 is 12.1 Å². The largest absolute Gasteiger partial charge is 0.391 e. The summed E-state index contributed by atoms with van der Waals surface area (Å²) in [5.41, 5.74) is 1.18. The molecule has 8 heteroatoms. The van der Waals surface area contributed by atoms with Crippen molar-refractivity contribution in [3.8, 4) is 0 Å². The third-order valence-electron chi connectivity index (χ3n) is 5.25. The fraction of sp³-hybridized carbons (Fsp3) is 0.524. The van der Waals surface area contributed by atoms with E-state index in [1.165, 1.54) is 5.56 Å². The minimum Gasteiger partial charge on any atom is -0.357 e. The van der Waals surface area contributed by atoms with Gasteiger partial charge in [0, 0.05) is 31.5 Å². The molecule has 0 spiro atoms. The van der Waals surface area contributed by atoms with Crippen LogP contribution < -0.4 is 10.6 Å². The van der Waals surface area contributed by atoms with Gasteiger partial charge in [0.15, 0.2) is 5.96 Å². The van der Waals surface area contributed by atoms with E-state index in [0.29, 0.717) is 31.9 Å². The minimum atomic E-state index is -4.08. The van der Waals surface area contributed by atoms with E-state index in [0.717, 1.165) is 12.4 Å². The van der Waals surface area contributed by atoms with E-state index in [2.05, 4.69) is 37.3 Å². The Labute approximate surface area is 169 Å². The summed E-state index contributed by atoms with van der Waals surface area (Å²) in [5, 5.41) is 6.48. The van der Waals surface area contributed by atoms with Crippen molar-refractivity contribution >= 4 is 5.96 Å². The average molecular weight is 407 g/mol. The standard InChI is InChI=1S/C21H28F3N5/c1-2-25-20(28-18-10-8-17(9-11-18)21(22,23)24)27-14-19-26-12-13-29(19)15-16-6-4-3-5-7-16/h3-7,12-13,17-18H,2,8-11,14-15H2,1H3,(H2,25,27,28). The minimum absolute atomic E-state index is 0.00969. The van der Waals surface area contributed by atoms with Crippen LogP contribution in [0, 0.1) is 5.92 Å². The normalized spacial score (nSPS) is 20.5. The Bertz CT molecular complexity index is 777. The molecule has 0 aliphatic heterocycles. The van der Waals surface area contributed by atoms with Crippen molar-refractivity contribution in [2.75, 3.05) is 6.54 Å². The molecule has 1 aliphatic rings. The van der Waals surface area contributed by atoms with Crippen LogP contribution in [0.5, 0.6) is 0 Å². The predicted molar refractivity (Wildman–Crippen MR) is 108 cm³/mol. The molecule has 3 rings (SSSR count). The van der Waals surface area contributed by atoms with Crippen LogP contribution in [0.25, 0.3) is 0 Å². The fourth-order valence-electron chi connectivity index (χ4n) is 3.64. The summed E-state index contributed by atoms with van der Waals surface area (Å²) in [7, 11) is 0. The van der Waals surface area contributed by atoms with Crippen LogP contribution in [0.1, 0.15) is 44.0 Å². The topological polar surface area (TPSA) is 54.2 Å². The van der Waals surface area contributed by atoms with Crippen LogP contribution in [0.15, 0.2) is 47.7 Å². The molecule has 1 aliphatic carbocycles. The van der Waals surface area contributed by atoms with Gasteiger partial charge in [-0.15, -0.1) is 0 Å². The van der Waals surface area contributed by atoms with Crippen LogP contribution >= 0.6 is 0 Å². The zero-order valence-corrected chi connectivity index (χ0v) is 16.6. The van der Waals surface area contributed by atoms with Crippen LogP contribution in [0.3, 0.4) is 0 Å². The fourth-order valence-corrected chi connectivity index (χ4v) is 3.64. The van der Waals surface area contributed by atoms with Gasteiger partial charge < -0.3 is 15.2 Å². The first kappa shape index (κ1) is 21.2. The number of aromatic nitrogens is 2. The zero-order valence-electron chi connectivity index (χ0n) is 16.6. The lowest BCUT2D eigenvalue weighted by molar-refractivity contribution is -0.182. The number of halogens is 3. The van der Waals surface area contributed by atoms with Gasteiger partial charge in [0.25, 0.3) is 0 Å². The molecule has 0 amide bonds. The Kier molecular flexibility index (Phi) is 7.17. The van der Waals surface area contributed by atoms with E-state index in [4.69, 9.17) is 0 Å². The Morgan fingerprint density at radius 1 is 1.17 bits per heavy atom. The molecule has 2 aromatic rings. The number of nitrogens with one attached hydrogen (secondary N) is 2. The summed E-state index contributed by atoms with van der Waals surface area (Å²) in [4.78, 5) is 9.01. The smallest absolute Gasteiger partial charge is 0.357 e. The molecule has 29 heavy (non-hydrogen) atoms. The van der Waals surface area contributed by atoms with Crippen LogP contribution in [0.2, 0.25) is 0 Å². The number of aliphatic imine (C=N–C) groups is 1. The molecule has 1 heterocycles. The lowest BCUT2D eigenvalue weighted by atomic mass is 9.85. The highest BCUT2D eigenvalue weighted by molar-refractivity contribution is 5.80. The Hall–Kier alpha value is -2.51. The molecule has 1 saturated carbocycles. The molecule has 2 N–H and O–H groups in total. The second-order valence-corrected chi connectivity index (χ2v) is 7.39. The Balaban J connectivity index is 1.58. The maximum atomic E-state index is 12.9. The monoisotopic (exact) mass is 407 g/mol. The van der Waals surface area contributed by atoms with Crippen molar-refractivity contribution in [2.45, 2.75) is 57.9 Å². The van der Waals surface area contributed by atoms with E-state index in [-0.39, 0.29) is 18.9 Å². The molecule has 0 unspecified atom stereocenters. The zero-order chi connectivity index (χ0) is 20.7. The number of alkyl halides is 3. The average Bonchev–Trinajstić information content (AvgIpc) is 3.14. The van der Waals surface area contributed by atoms with Crippen molar-refractivity contribution in [1.29, 1.82) is 0 Å². The second kappa shape index (κ2) is 9.80. The summed E-state index contributed by atoms with van der Waals surface area (Å²) in [6.45, 7) is 3.76. The van der Waals surface area contributed by atoms with Gasteiger partial charge >= 0.3 is 6.18 Å². The highest BCUT2D eigenvalue weighted by Gasteiger charge is 2.41. The maximum absolute atomic E-state index is 12.9. The van der Waals surface area contributed by atoms with Gasteiger partial charge in [0.2, 0.25) is 0 Å². The SMILES string of the molecule is CCNC(=NCc1nccn1Cc1ccccc1)NC1CCC(C(F)(F)F)CC1. The molecular formula is C21H28F3N5. The second-order valence-electron chi connectivity index (χ2n) is 7.39. The van der Waals surface area contributed by atoms with Crippen LogP contribution in [-0.2, 0) is 13.1 Å². The molecule has 158 valence electrons. The third-order valence-corrected chi connectivity index (χ3v) is 5.25. The molecule has 1 aromatic carbocycles. The quantitative estimate of drug-likeness (QED) is 0.560. The van der Waals surface area contributed by atoms with E-state index in [1.807, 2.05) is 31.3 Å². The lowest BCUT2D eigenvalue weighted by Crippen LogP contribution is -2.45. The summed E-state index contributed by atoms with van der Waals surface area (Å²) < 4.78 is 40.6. The molecule has 0 bridgehead atoms. The van der Waals surface area contributed by atoms with Crippen LogP contribution in [0.4, 0.5) is 13.2 Å². The van der Waals surface area contributed by atoms with E-state index in [9.17, 15) is 13.2 Å². The van der Waals surface area contributed by atoms with Crippen molar-refractivity contribution in [3.05, 3.63) is 54.1 Å². The summed E-state index contributed by atoms with van der Waals surface area (Å²) in [6.07, 6.45) is 0.932. The number of benzene rings is 1. The molecule has 5 nitrogen and oxygen atoms in total. The number of hydrogen-bond acceptors (Lipinski definition) is 2. The molecule has 1 fully saturated rings. The van der Waals surface area contributed by atoms with Crippen molar-refractivity contribution in [3.63, 3.8) is 0 Å². The maximum Gasteiger partial charge on any atom is 0.391 e. The molecule has 0 radical (unpaired) electrons. The van der Waals surface area contributed by atoms with Crippen LogP contribution in [-0.4, -0.2) is 34.3 Å². The summed E-state index contributed by atoms with van der Waals surface area (Å²) in [6, 6.07) is 10.1. The predicted octanol–water partition coefficient (Wildman–Crippen LogP) is 4.11. The number of rotatable bonds is 6. The molecule has 0 saturated heterocycles. The lowest BCUT2D eigenvalue weighted by Gasteiger charge is -2.31. The first-order chi connectivity index (χ1) is 14.0. The summed E-state index contributed by atoms with van der Waals surface area (Å²) in [5.74, 6) is 0.287. The van der Waals surface area contributed by atoms with E-state index >= 15 is 0 Å². The third kappa shape index (κ3) is 6.24. The number of imidazole rings is 1. The van der Waals surface area contributed by atoms with E-state index in [1.54, 1.807) is 6.20 Å². The van der Waals surface area contributed by atoms with Crippen molar-refractivity contribution in [1.82, 2.24) is 20.2 Å². The Morgan fingerprint density at radius 2 is 1.90 bits per heavy atom. The van der Waals surface area contributed by atoms with Crippen molar-refractivity contribution in [2.24, 2.45) is 10.9 Å². The summed E-state index contributed by atoms with van der Waals surface area (Å²) >= 11 is 0. The Morgan fingerprint density at radius 3 is 2.55 bits per heavy atom. The van der Waals surface area contributed by atoms with Gasteiger partial charge in [-0.2, -0.15) is 13.2 Å². The van der Waals surface area contributed by atoms with Gasteiger partial charge in [-0.05, 0) is 38.2 Å². The molecular weight excluding hydrogens is 379 g/mol. The van der Waals surface area contributed by atoms with Gasteiger partial charge in [0.05, 0.1) is 5.92 Å². The number of hydrogen-bond donors (Lipinski definition) is 2. The number of guanidine groups is 1. The van der Waals surface area contributed by atoms with Gasteiger partial charge in [-0.3, -0.25) is 0 Å². The number of nitrogens with zero attached hydrogens (tertiary/aromatic N) is 3. The van der Waals surface area contributed by atoms with Crippen molar-refractivity contribution < 1.29 is 13.2 Å². The highest BCUT2D eigenvalue weighted by Crippen LogP contribution is 2.37. The molecule has 1 aromatic heterocycles. The first-order valence-electron chi connectivity index (χ1n) is 10.1. The highest BCUT2D eigenvalue weighted by atomic mass is 19.4. The van der Waals surface area contributed by atoms with Gasteiger partial charge in [0.1, 0.15) is 12.4 Å². The first-order valence-corrected chi connectivity index (χ1v) is 10.1. The van der Waals surface area contributed by atoms with Gasteiger partial charge in [-0.1, -0.05) is 30.3 Å².